The highest BCUT2D eigenvalue weighted by atomic mass is 35.5. The number of halogens is 2. The molecule has 0 aliphatic rings. The van der Waals surface area contributed by atoms with Crippen molar-refractivity contribution >= 4 is 35.0 Å². The van der Waals surface area contributed by atoms with Crippen LogP contribution in [0.5, 0.6) is 0 Å². The van der Waals surface area contributed by atoms with Crippen LogP contribution >= 0.6 is 23.4 Å². The molecule has 2 aromatic carbocycles. The van der Waals surface area contributed by atoms with Crippen LogP contribution in [0, 0.1) is 24.1 Å². The Bertz CT molecular complexity index is 1080. The summed E-state index contributed by atoms with van der Waals surface area (Å²) in [6.07, 6.45) is 0.209. The van der Waals surface area contributed by atoms with Crippen LogP contribution in [0.15, 0.2) is 59.6 Å². The van der Waals surface area contributed by atoms with Gasteiger partial charge in [-0.1, -0.05) is 41.4 Å². The monoisotopic (exact) mass is 425 g/mol. The number of thioether (sulfide) groups is 1. The number of carbonyl (C=O) groups excluding carboxylic acids is 1. The predicted octanol–water partition coefficient (Wildman–Crippen LogP) is 5.84. The minimum absolute atomic E-state index is 0.0482. The molecule has 0 aliphatic heterocycles. The van der Waals surface area contributed by atoms with Gasteiger partial charge in [-0.15, -0.1) is 11.8 Å². The topological polar surface area (TPSA) is 65.8 Å². The molecule has 0 bridgehead atoms. The van der Waals surface area contributed by atoms with E-state index in [-0.39, 0.29) is 17.4 Å². The average Bonchev–Trinajstić information content (AvgIpc) is 2.71. The molecular formula is C22H17ClFN3OS. The van der Waals surface area contributed by atoms with Crippen molar-refractivity contribution in [2.24, 2.45) is 0 Å². The normalized spacial score (nSPS) is 10.4. The molecule has 0 aliphatic carbocycles. The first-order chi connectivity index (χ1) is 14.0. The van der Waals surface area contributed by atoms with Crippen molar-refractivity contribution in [1.29, 1.82) is 5.26 Å². The highest BCUT2D eigenvalue weighted by Crippen LogP contribution is 2.26. The van der Waals surface area contributed by atoms with E-state index in [0.29, 0.717) is 22.0 Å². The molecule has 1 aromatic heterocycles. The van der Waals surface area contributed by atoms with Crippen molar-refractivity contribution in [3.8, 4) is 17.3 Å². The van der Waals surface area contributed by atoms with Crippen LogP contribution in [0.4, 0.5) is 10.1 Å². The van der Waals surface area contributed by atoms with Crippen molar-refractivity contribution in [3.05, 3.63) is 76.6 Å². The summed E-state index contributed by atoms with van der Waals surface area (Å²) in [6, 6.07) is 17.7. The first-order valence-corrected chi connectivity index (χ1v) is 10.2. The number of nitrogens with one attached hydrogen (secondary N) is 1. The van der Waals surface area contributed by atoms with Gasteiger partial charge in [0, 0.05) is 23.4 Å². The maximum atomic E-state index is 13.2. The Morgan fingerprint density at radius 1 is 1.21 bits per heavy atom. The Morgan fingerprint density at radius 3 is 2.66 bits per heavy atom. The van der Waals surface area contributed by atoms with Crippen LogP contribution in [0.2, 0.25) is 5.02 Å². The largest absolute Gasteiger partial charge is 0.326 e. The van der Waals surface area contributed by atoms with Gasteiger partial charge in [-0.05, 0) is 37.3 Å². The number of amides is 1. The van der Waals surface area contributed by atoms with Gasteiger partial charge < -0.3 is 5.32 Å². The zero-order valence-electron chi connectivity index (χ0n) is 15.6. The lowest BCUT2D eigenvalue weighted by molar-refractivity contribution is -0.115. The van der Waals surface area contributed by atoms with Gasteiger partial charge in [0.1, 0.15) is 16.9 Å². The van der Waals surface area contributed by atoms with Crippen LogP contribution in [0.1, 0.15) is 17.5 Å². The molecule has 29 heavy (non-hydrogen) atoms. The minimum Gasteiger partial charge on any atom is -0.326 e. The van der Waals surface area contributed by atoms with Gasteiger partial charge >= 0.3 is 0 Å². The van der Waals surface area contributed by atoms with Crippen LogP contribution < -0.4 is 5.32 Å². The number of hydrogen-bond donors (Lipinski definition) is 1. The van der Waals surface area contributed by atoms with E-state index in [2.05, 4.69) is 16.4 Å². The Hall–Kier alpha value is -2.88. The first-order valence-electron chi connectivity index (χ1n) is 8.82. The fourth-order valence-corrected chi connectivity index (χ4v) is 3.65. The van der Waals surface area contributed by atoms with E-state index >= 15 is 0 Å². The number of hydrogen-bond acceptors (Lipinski definition) is 4. The number of nitrogens with zero attached hydrogens (tertiary/aromatic N) is 2. The van der Waals surface area contributed by atoms with Gasteiger partial charge in [-0.25, -0.2) is 9.37 Å². The number of aryl methyl sites for hydroxylation is 1. The summed E-state index contributed by atoms with van der Waals surface area (Å²) in [5, 5.41) is 12.6. The Kier molecular flexibility index (Phi) is 6.86. The molecule has 4 nitrogen and oxygen atoms in total. The number of benzene rings is 2. The van der Waals surface area contributed by atoms with Crippen LogP contribution in [0.3, 0.4) is 0 Å². The SMILES string of the molecule is Cc1ccc(-c2ccc(C#N)c(SCCC(=O)Nc3ccc(F)c(Cl)c3)n2)cc1. The van der Waals surface area contributed by atoms with Crippen LogP contribution in [-0.4, -0.2) is 16.6 Å². The zero-order chi connectivity index (χ0) is 20.8. The maximum Gasteiger partial charge on any atom is 0.225 e. The van der Waals surface area contributed by atoms with Crippen molar-refractivity contribution < 1.29 is 9.18 Å². The Balaban J connectivity index is 1.64. The van der Waals surface area contributed by atoms with Gasteiger partial charge in [0.15, 0.2) is 0 Å². The molecular weight excluding hydrogens is 409 g/mol. The van der Waals surface area contributed by atoms with E-state index in [9.17, 15) is 14.4 Å². The third-order valence-corrected chi connectivity index (χ3v) is 5.38. The zero-order valence-corrected chi connectivity index (χ0v) is 17.1. The summed E-state index contributed by atoms with van der Waals surface area (Å²) in [5.74, 6) is -0.322. The summed E-state index contributed by atoms with van der Waals surface area (Å²) >= 11 is 7.07. The summed E-state index contributed by atoms with van der Waals surface area (Å²) in [7, 11) is 0. The third-order valence-electron chi connectivity index (χ3n) is 4.10. The van der Waals surface area contributed by atoms with Gasteiger partial charge in [0.05, 0.1) is 16.3 Å². The molecule has 0 spiro atoms. The summed E-state index contributed by atoms with van der Waals surface area (Å²) in [6.45, 7) is 2.02. The maximum absolute atomic E-state index is 13.2. The lowest BCUT2D eigenvalue weighted by atomic mass is 10.1. The van der Waals surface area contributed by atoms with E-state index in [0.717, 1.165) is 16.8 Å². The number of aromatic nitrogens is 1. The number of nitriles is 1. The fraction of sp³-hybridized carbons (Fsp3) is 0.136. The molecule has 1 heterocycles. The highest BCUT2D eigenvalue weighted by molar-refractivity contribution is 7.99. The van der Waals surface area contributed by atoms with E-state index in [1.807, 2.05) is 37.3 Å². The predicted molar refractivity (Wildman–Crippen MR) is 115 cm³/mol. The van der Waals surface area contributed by atoms with Gasteiger partial charge in [0.2, 0.25) is 5.91 Å². The van der Waals surface area contributed by atoms with Gasteiger partial charge in [-0.3, -0.25) is 4.79 Å². The Morgan fingerprint density at radius 2 is 1.97 bits per heavy atom. The Labute approximate surface area is 177 Å². The van der Waals surface area contributed by atoms with E-state index in [1.165, 1.54) is 30.0 Å². The van der Waals surface area contributed by atoms with E-state index < -0.39 is 5.82 Å². The molecule has 0 saturated carbocycles. The molecule has 1 amide bonds. The molecule has 0 saturated heterocycles. The second-order valence-corrected chi connectivity index (χ2v) is 7.79. The van der Waals surface area contributed by atoms with Crippen molar-refractivity contribution in [2.75, 3.05) is 11.1 Å². The van der Waals surface area contributed by atoms with Crippen LogP contribution in [0.25, 0.3) is 11.3 Å². The summed E-state index contributed by atoms with van der Waals surface area (Å²) < 4.78 is 13.2. The lowest BCUT2D eigenvalue weighted by Gasteiger charge is -2.08. The minimum atomic E-state index is -0.538. The van der Waals surface area contributed by atoms with Crippen LogP contribution in [-0.2, 0) is 4.79 Å². The molecule has 0 fully saturated rings. The van der Waals surface area contributed by atoms with Gasteiger partial charge in [-0.2, -0.15) is 5.26 Å². The number of carbonyl (C=O) groups is 1. The second kappa shape index (κ2) is 9.55. The molecule has 0 radical (unpaired) electrons. The van der Waals surface area contributed by atoms with Crippen molar-refractivity contribution in [2.45, 2.75) is 18.4 Å². The van der Waals surface area contributed by atoms with Gasteiger partial charge in [0.25, 0.3) is 0 Å². The quantitative estimate of drug-likeness (QED) is 0.503. The van der Waals surface area contributed by atoms with E-state index in [4.69, 9.17) is 11.6 Å². The molecule has 146 valence electrons. The van der Waals surface area contributed by atoms with Crippen molar-refractivity contribution in [1.82, 2.24) is 4.98 Å². The number of anilines is 1. The second-order valence-electron chi connectivity index (χ2n) is 6.30. The number of rotatable bonds is 6. The fourth-order valence-electron chi connectivity index (χ4n) is 2.56. The molecule has 3 aromatic rings. The lowest BCUT2D eigenvalue weighted by Crippen LogP contribution is -2.12. The molecule has 0 atom stereocenters. The molecule has 0 unspecified atom stereocenters. The average molecular weight is 426 g/mol. The summed E-state index contributed by atoms with van der Waals surface area (Å²) in [5.41, 5.74) is 3.80. The molecule has 3 rings (SSSR count). The molecule has 1 N–H and O–H groups in total. The third kappa shape index (κ3) is 5.57. The standard InChI is InChI=1S/C22H17ClFN3OS/c1-14-2-4-15(5-3-14)20-9-6-16(13-25)22(27-20)29-11-10-21(28)26-17-7-8-19(24)18(23)12-17/h2-9,12H,10-11H2,1H3,(H,26,28). The molecule has 7 heteroatoms. The summed E-state index contributed by atoms with van der Waals surface area (Å²) in [4.78, 5) is 16.7. The van der Waals surface area contributed by atoms with Crippen molar-refractivity contribution in [3.63, 3.8) is 0 Å². The first kappa shape index (κ1) is 20.8. The smallest absolute Gasteiger partial charge is 0.225 e. The number of pyridine rings is 1. The highest BCUT2D eigenvalue weighted by Gasteiger charge is 2.10. The van der Waals surface area contributed by atoms with E-state index in [1.54, 1.807) is 6.07 Å².